The second-order valence-corrected chi connectivity index (χ2v) is 8.17. The molecule has 4 nitrogen and oxygen atoms in total. The van der Waals surface area contributed by atoms with Gasteiger partial charge in [-0.3, -0.25) is 4.79 Å². The minimum absolute atomic E-state index is 0. The first-order valence-corrected chi connectivity index (χ1v) is 9.30. The van der Waals surface area contributed by atoms with Gasteiger partial charge in [0.25, 0.3) is 0 Å². The summed E-state index contributed by atoms with van der Waals surface area (Å²) in [6.07, 6.45) is 4.10. The van der Waals surface area contributed by atoms with E-state index in [1.54, 1.807) is 6.20 Å². The topological polar surface area (TPSA) is 45.8 Å². The number of carbonyl (C=O) groups excluding carboxylic acids is 1. The minimum Gasteiger partial charge on any atom is -0.360 e. The number of rotatable bonds is 3. The number of benzene rings is 1. The van der Waals surface area contributed by atoms with Crippen molar-refractivity contribution in [2.45, 2.75) is 18.8 Å². The number of nitrogens with zero attached hydrogens (tertiary/aromatic N) is 2. The molecular weight excluding hydrogens is 354 g/mol. The van der Waals surface area contributed by atoms with E-state index in [4.69, 9.17) is 4.98 Å². The second kappa shape index (κ2) is 6.90. The Morgan fingerprint density at radius 3 is 2.72 bits per heavy atom. The molecule has 132 valence electrons. The van der Waals surface area contributed by atoms with Crippen molar-refractivity contribution in [2.24, 2.45) is 0 Å². The van der Waals surface area contributed by atoms with Crippen LogP contribution in [0.2, 0.25) is 0 Å². The lowest BCUT2D eigenvalue weighted by atomic mass is 9.93. The van der Waals surface area contributed by atoms with Crippen LogP contribution in [0.1, 0.15) is 39.8 Å². The molecule has 1 saturated heterocycles. The number of likely N-dealkylation sites (tertiary alicyclic amines) is 1. The number of quaternary nitrogens is 1. The number of aromatic nitrogens is 2. The molecule has 0 bridgehead atoms. The molecule has 1 aliphatic heterocycles. The number of nitrogens with one attached hydrogen (secondary N) is 1. The number of ketones is 1. The highest BCUT2D eigenvalue weighted by Crippen LogP contribution is 2.31. The quantitative estimate of drug-likeness (QED) is 0.549. The van der Waals surface area contributed by atoms with E-state index in [2.05, 4.69) is 24.5 Å². The Bertz CT molecular complexity index is 889. The van der Waals surface area contributed by atoms with Crippen LogP contribution in [-0.4, -0.2) is 47.4 Å². The normalized spacial score (nSPS) is 17.4. The lowest BCUT2D eigenvalue weighted by Gasteiger charge is -2.36. The Labute approximate surface area is 157 Å². The molecule has 0 unspecified atom stereocenters. The van der Waals surface area contributed by atoms with E-state index in [1.807, 2.05) is 24.3 Å². The summed E-state index contributed by atoms with van der Waals surface area (Å²) in [5, 5.41) is 3.66. The summed E-state index contributed by atoms with van der Waals surface area (Å²) in [6, 6.07) is 7.90. The largest absolute Gasteiger partial charge is 0.360 e. The number of H-pyrrole nitrogens is 1. The molecule has 6 heteroatoms. The summed E-state index contributed by atoms with van der Waals surface area (Å²) in [6.45, 7) is 2.35. The van der Waals surface area contributed by atoms with E-state index in [1.165, 1.54) is 24.4 Å². The number of thiazole rings is 1. The highest BCUT2D eigenvalue weighted by Gasteiger charge is 2.29. The molecule has 2 aromatic heterocycles. The third-order valence-corrected chi connectivity index (χ3v) is 5.99. The molecule has 3 heterocycles. The molecule has 0 saturated carbocycles. The van der Waals surface area contributed by atoms with Crippen LogP contribution < -0.4 is 0 Å². The highest BCUT2D eigenvalue weighted by atomic mass is 35.5. The first kappa shape index (κ1) is 18.1. The van der Waals surface area contributed by atoms with Crippen LogP contribution in [0.4, 0.5) is 0 Å². The van der Waals surface area contributed by atoms with Gasteiger partial charge >= 0.3 is 0 Å². The van der Waals surface area contributed by atoms with Gasteiger partial charge in [-0.25, -0.2) is 4.98 Å². The first-order chi connectivity index (χ1) is 11.5. The number of piperidine rings is 1. The maximum atomic E-state index is 12.8. The van der Waals surface area contributed by atoms with Crippen molar-refractivity contribution < 1.29 is 9.28 Å². The molecule has 4 rings (SSSR count). The van der Waals surface area contributed by atoms with Crippen LogP contribution in [0.25, 0.3) is 10.9 Å². The maximum Gasteiger partial charge on any atom is 0.223 e. The molecule has 1 aliphatic rings. The van der Waals surface area contributed by atoms with Gasteiger partial charge in [0.15, 0.2) is 5.01 Å². The summed E-state index contributed by atoms with van der Waals surface area (Å²) in [5.74, 6) is 0.521. The monoisotopic (exact) mass is 376 g/mol. The van der Waals surface area contributed by atoms with E-state index in [0.29, 0.717) is 16.5 Å². The molecule has 0 atom stereocenters. The third kappa shape index (κ3) is 3.50. The van der Waals surface area contributed by atoms with Crippen LogP contribution in [-0.2, 0) is 0 Å². The van der Waals surface area contributed by atoms with E-state index >= 15 is 0 Å². The zero-order chi connectivity index (χ0) is 16.7. The Balaban J connectivity index is 0.00000182. The molecule has 1 aromatic carbocycles. The highest BCUT2D eigenvalue weighted by molar-refractivity contribution is 7.12. The van der Waals surface area contributed by atoms with Gasteiger partial charge in [-0.1, -0.05) is 18.2 Å². The summed E-state index contributed by atoms with van der Waals surface area (Å²) in [4.78, 5) is 20.7. The van der Waals surface area contributed by atoms with Crippen LogP contribution in [0.3, 0.4) is 0 Å². The summed E-state index contributed by atoms with van der Waals surface area (Å²) < 4.78 is 1.09. The van der Waals surface area contributed by atoms with Crippen LogP contribution >= 0.6 is 23.7 Å². The van der Waals surface area contributed by atoms with Crippen molar-refractivity contribution in [3.63, 3.8) is 0 Å². The van der Waals surface area contributed by atoms with Gasteiger partial charge < -0.3 is 9.47 Å². The van der Waals surface area contributed by atoms with Crippen molar-refractivity contribution in [1.82, 2.24) is 9.97 Å². The van der Waals surface area contributed by atoms with Crippen molar-refractivity contribution in [3.8, 4) is 0 Å². The summed E-state index contributed by atoms with van der Waals surface area (Å²) >= 11 is 1.48. The number of halogens is 1. The first-order valence-electron chi connectivity index (χ1n) is 8.42. The average Bonchev–Trinajstić information content (AvgIpc) is 3.21. The molecule has 0 spiro atoms. The smallest absolute Gasteiger partial charge is 0.223 e. The van der Waals surface area contributed by atoms with Crippen molar-refractivity contribution in [1.29, 1.82) is 0 Å². The fourth-order valence-corrected chi connectivity index (χ4v) is 4.37. The van der Waals surface area contributed by atoms with Crippen molar-refractivity contribution in [2.75, 3.05) is 27.2 Å². The molecule has 1 N–H and O–H groups in total. The molecule has 0 aliphatic carbocycles. The fraction of sp³-hybridized carbons (Fsp3) is 0.368. The Morgan fingerprint density at radius 2 is 1.96 bits per heavy atom. The van der Waals surface area contributed by atoms with Gasteiger partial charge in [-0.2, -0.15) is 0 Å². The molecule has 25 heavy (non-hydrogen) atoms. The standard InChI is InChI=1S/C19H21N3OS.ClH/c1-22(2)9-7-13(8-10-22)17-12-24-19(21-17)18(23)15-11-20-16-6-4-3-5-14(15)16;/h3-6,11-13H,7-10H2,1-2H3;1H/p+1. The number of para-hydroxylation sites is 1. The summed E-state index contributed by atoms with van der Waals surface area (Å²) in [7, 11) is 4.56. The average molecular weight is 377 g/mol. The Hall–Kier alpha value is -1.69. The van der Waals surface area contributed by atoms with E-state index in [0.717, 1.165) is 33.9 Å². The van der Waals surface area contributed by atoms with Gasteiger partial charge in [0.1, 0.15) is 0 Å². The van der Waals surface area contributed by atoms with Gasteiger partial charge in [-0.05, 0) is 6.07 Å². The van der Waals surface area contributed by atoms with Crippen LogP contribution in [0.15, 0.2) is 35.8 Å². The number of carbonyl (C=O) groups is 1. The van der Waals surface area contributed by atoms with E-state index in [9.17, 15) is 4.79 Å². The van der Waals surface area contributed by atoms with Crippen molar-refractivity contribution in [3.05, 3.63) is 52.1 Å². The number of fused-ring (bicyclic) bond motifs is 1. The van der Waals surface area contributed by atoms with Crippen molar-refractivity contribution >= 4 is 40.4 Å². The van der Waals surface area contributed by atoms with Gasteiger partial charge in [0.2, 0.25) is 5.78 Å². The summed E-state index contributed by atoms with van der Waals surface area (Å²) in [5.41, 5.74) is 2.81. The predicted octanol–water partition coefficient (Wildman–Crippen LogP) is 4.23. The minimum atomic E-state index is 0. The zero-order valence-electron chi connectivity index (χ0n) is 14.5. The van der Waals surface area contributed by atoms with Crippen LogP contribution in [0.5, 0.6) is 0 Å². The SMILES string of the molecule is C[N+]1(C)CCC(c2csc(C(=O)c3c[nH]c4ccccc34)n2)CC1.Cl. The van der Waals surface area contributed by atoms with E-state index < -0.39 is 0 Å². The van der Waals surface area contributed by atoms with Gasteiger partial charge in [0, 0.05) is 41.2 Å². The fourth-order valence-electron chi connectivity index (χ4n) is 3.52. The second-order valence-electron chi connectivity index (χ2n) is 7.31. The Morgan fingerprint density at radius 1 is 1.24 bits per heavy atom. The predicted molar refractivity (Wildman–Crippen MR) is 105 cm³/mol. The van der Waals surface area contributed by atoms with Crippen LogP contribution in [0, 0.1) is 0 Å². The number of hydrogen-bond donors (Lipinski definition) is 1. The molecule has 0 radical (unpaired) electrons. The third-order valence-electron chi connectivity index (χ3n) is 5.13. The molecule has 3 aromatic rings. The Kier molecular flexibility index (Phi) is 5.00. The number of aromatic amines is 1. The molecule has 1 fully saturated rings. The van der Waals surface area contributed by atoms with Gasteiger partial charge in [0.05, 0.1) is 38.4 Å². The van der Waals surface area contributed by atoms with E-state index in [-0.39, 0.29) is 18.2 Å². The maximum absolute atomic E-state index is 12.8. The van der Waals surface area contributed by atoms with Gasteiger partial charge in [-0.15, -0.1) is 23.7 Å². The zero-order valence-corrected chi connectivity index (χ0v) is 16.1. The number of hydrogen-bond acceptors (Lipinski definition) is 3. The lowest BCUT2D eigenvalue weighted by molar-refractivity contribution is -0.895. The lowest BCUT2D eigenvalue weighted by Crippen LogP contribution is -2.45. The molecular formula is C19H23ClN3OS+. The molecule has 0 amide bonds.